The Morgan fingerprint density at radius 3 is 2.76 bits per heavy atom. The van der Waals surface area contributed by atoms with Crippen molar-refractivity contribution in [1.29, 1.82) is 0 Å². The van der Waals surface area contributed by atoms with Crippen LogP contribution in [0.1, 0.15) is 39.2 Å². The zero-order chi connectivity index (χ0) is 21.2. The maximum atomic E-state index is 12.2. The first-order valence-electron chi connectivity index (χ1n) is 10.00. The lowest BCUT2D eigenvalue weighted by atomic mass is 9.92. The average molecular weight is 420 g/mol. The number of carbonyl (C=O) groups excluding carboxylic acids is 1. The Kier molecular flexibility index (Phi) is 6.31. The second-order valence-electron chi connectivity index (χ2n) is 7.69. The number of benzene rings is 1. The Hall–Kier alpha value is -2.35. The van der Waals surface area contributed by atoms with Gasteiger partial charge in [0.1, 0.15) is 15.6 Å². The number of ether oxygens (including phenoxy) is 1. The lowest BCUT2D eigenvalue weighted by molar-refractivity contribution is -0.117. The van der Waals surface area contributed by atoms with E-state index in [1.807, 2.05) is 23.2 Å². The lowest BCUT2D eigenvalue weighted by Gasteiger charge is -2.36. The fraction of sp³-hybridized carbons (Fsp3) is 0.524. The van der Waals surface area contributed by atoms with Gasteiger partial charge in [0.2, 0.25) is 5.91 Å². The predicted octanol–water partition coefficient (Wildman–Crippen LogP) is 3.07. The second kappa shape index (κ2) is 8.57. The molecule has 1 atom stereocenters. The summed E-state index contributed by atoms with van der Waals surface area (Å²) in [5, 5.41) is 4.32. The molecule has 0 spiro atoms. The summed E-state index contributed by atoms with van der Waals surface area (Å²) < 4.78 is 30.7. The summed E-state index contributed by atoms with van der Waals surface area (Å²) >= 11 is 0. The van der Waals surface area contributed by atoms with E-state index >= 15 is 0 Å². The van der Waals surface area contributed by atoms with Gasteiger partial charge in [-0.1, -0.05) is 6.92 Å². The summed E-state index contributed by atoms with van der Waals surface area (Å²) in [7, 11) is -3.05. The molecule has 3 rings (SSSR count). The monoisotopic (exact) mass is 419 g/mol. The molecule has 0 N–H and O–H groups in total. The Labute approximate surface area is 172 Å². The summed E-state index contributed by atoms with van der Waals surface area (Å²) in [6.07, 6.45) is 7.40. The number of aromatic nitrogens is 2. The first kappa shape index (κ1) is 21.4. The van der Waals surface area contributed by atoms with Gasteiger partial charge in [0, 0.05) is 42.1 Å². The zero-order valence-corrected chi connectivity index (χ0v) is 18.3. The number of aryl methyl sites for hydroxylation is 1. The van der Waals surface area contributed by atoms with Crippen molar-refractivity contribution in [2.45, 2.75) is 52.6 Å². The molecule has 0 bridgehead atoms. The molecule has 8 heteroatoms. The normalized spacial score (nSPS) is 16.6. The molecule has 1 aromatic heterocycles. The van der Waals surface area contributed by atoms with Gasteiger partial charge in [-0.05, 0) is 38.3 Å². The highest BCUT2D eigenvalue weighted by molar-refractivity contribution is 7.90. The molecule has 1 amide bonds. The number of carbonyl (C=O) groups is 1. The molecule has 1 aliphatic heterocycles. The Bertz CT molecular complexity index is 997. The molecule has 0 fully saturated rings. The highest BCUT2D eigenvalue weighted by Crippen LogP contribution is 2.43. The highest BCUT2D eigenvalue weighted by atomic mass is 32.2. The van der Waals surface area contributed by atoms with E-state index in [0.29, 0.717) is 13.2 Å². The number of nitrogens with zero attached hydrogens (tertiary/aromatic N) is 3. The van der Waals surface area contributed by atoms with E-state index in [9.17, 15) is 13.2 Å². The van der Waals surface area contributed by atoms with E-state index in [4.69, 9.17) is 4.74 Å². The van der Waals surface area contributed by atoms with E-state index in [2.05, 4.69) is 18.9 Å². The summed E-state index contributed by atoms with van der Waals surface area (Å²) in [4.78, 5) is 14.1. The fourth-order valence-corrected chi connectivity index (χ4v) is 4.28. The molecule has 158 valence electrons. The van der Waals surface area contributed by atoms with Gasteiger partial charge in [-0.2, -0.15) is 5.10 Å². The van der Waals surface area contributed by atoms with Gasteiger partial charge in [0.25, 0.3) is 0 Å². The summed E-state index contributed by atoms with van der Waals surface area (Å²) in [6, 6.07) is 4.10. The van der Waals surface area contributed by atoms with Crippen LogP contribution in [0.5, 0.6) is 5.75 Å². The second-order valence-corrected chi connectivity index (χ2v) is 9.95. The van der Waals surface area contributed by atoms with E-state index in [1.54, 1.807) is 17.8 Å². The third-order valence-electron chi connectivity index (χ3n) is 5.17. The van der Waals surface area contributed by atoms with Crippen LogP contribution < -0.4 is 9.64 Å². The van der Waals surface area contributed by atoms with Gasteiger partial charge in [-0.15, -0.1) is 0 Å². The molecule has 29 heavy (non-hydrogen) atoms. The number of amides is 1. The number of anilines is 1. The number of hydrogen-bond donors (Lipinski definition) is 0. The predicted molar refractivity (Wildman–Crippen MR) is 114 cm³/mol. The van der Waals surface area contributed by atoms with Crippen LogP contribution in [0.3, 0.4) is 0 Å². The summed E-state index contributed by atoms with van der Waals surface area (Å²) in [6.45, 7) is 6.61. The molecule has 1 unspecified atom stereocenters. The van der Waals surface area contributed by atoms with Gasteiger partial charge >= 0.3 is 0 Å². The van der Waals surface area contributed by atoms with Gasteiger partial charge in [0.05, 0.1) is 30.8 Å². The maximum absolute atomic E-state index is 12.2. The number of rotatable bonds is 7. The van der Waals surface area contributed by atoms with E-state index in [0.717, 1.165) is 47.4 Å². The molecule has 0 saturated heterocycles. The Balaban J connectivity index is 2.01. The first-order valence-corrected chi connectivity index (χ1v) is 12.1. The maximum Gasteiger partial charge on any atom is 0.224 e. The van der Waals surface area contributed by atoms with Crippen LogP contribution in [0.25, 0.3) is 11.1 Å². The number of fused-ring (bicyclic) bond motifs is 1. The average Bonchev–Trinajstić information content (AvgIpc) is 3.12. The van der Waals surface area contributed by atoms with Crippen LogP contribution >= 0.6 is 0 Å². The van der Waals surface area contributed by atoms with Gasteiger partial charge in [-0.3, -0.25) is 9.48 Å². The van der Waals surface area contributed by atoms with Crippen molar-refractivity contribution in [3.05, 3.63) is 30.1 Å². The Morgan fingerprint density at radius 2 is 2.10 bits per heavy atom. The SMILES string of the molecule is CCCOc1c(-c2cnn(CCS(C)(=O)=O)c2)ccc2c1CCC(C)N2C(C)=O. The molecule has 1 aromatic carbocycles. The first-order chi connectivity index (χ1) is 13.7. The standard InChI is InChI=1S/C21H29N3O4S/c1-5-11-28-21-18(17-13-22-23(14-17)10-12-29(4,26)27)8-9-20-19(21)7-6-15(2)24(20)16(3)25/h8-9,13-15H,5-7,10-12H2,1-4H3. The third-order valence-corrected chi connectivity index (χ3v) is 6.10. The van der Waals surface area contributed by atoms with Crippen LogP contribution in [0.15, 0.2) is 24.5 Å². The zero-order valence-electron chi connectivity index (χ0n) is 17.5. The quantitative estimate of drug-likeness (QED) is 0.689. The van der Waals surface area contributed by atoms with E-state index < -0.39 is 9.84 Å². The summed E-state index contributed by atoms with van der Waals surface area (Å²) in [5.74, 6) is 0.870. The largest absolute Gasteiger partial charge is 0.493 e. The molecule has 0 saturated carbocycles. The van der Waals surface area contributed by atoms with Crippen molar-refractivity contribution in [3.8, 4) is 16.9 Å². The highest BCUT2D eigenvalue weighted by Gasteiger charge is 2.30. The minimum atomic E-state index is -3.05. The van der Waals surface area contributed by atoms with Crippen molar-refractivity contribution in [3.63, 3.8) is 0 Å². The van der Waals surface area contributed by atoms with E-state index in [1.165, 1.54) is 6.26 Å². The van der Waals surface area contributed by atoms with Crippen LogP contribution in [-0.2, 0) is 27.6 Å². The van der Waals surface area contributed by atoms with Gasteiger partial charge in [0.15, 0.2) is 0 Å². The molecule has 0 aliphatic carbocycles. The van der Waals surface area contributed by atoms with Crippen molar-refractivity contribution >= 4 is 21.4 Å². The molecular weight excluding hydrogens is 390 g/mol. The van der Waals surface area contributed by atoms with Gasteiger partial charge in [-0.25, -0.2) is 8.42 Å². The van der Waals surface area contributed by atoms with Crippen LogP contribution in [-0.4, -0.2) is 48.8 Å². The minimum absolute atomic E-state index is 0.0289. The third kappa shape index (κ3) is 4.80. The van der Waals surface area contributed by atoms with Crippen molar-refractivity contribution in [2.75, 3.05) is 23.5 Å². The lowest BCUT2D eigenvalue weighted by Crippen LogP contribution is -2.40. The fourth-order valence-electron chi connectivity index (χ4n) is 3.77. The van der Waals surface area contributed by atoms with Crippen molar-refractivity contribution in [1.82, 2.24) is 9.78 Å². The van der Waals surface area contributed by atoms with Crippen LogP contribution in [0.4, 0.5) is 5.69 Å². The number of sulfone groups is 1. The van der Waals surface area contributed by atoms with Crippen LogP contribution in [0, 0.1) is 0 Å². The smallest absolute Gasteiger partial charge is 0.224 e. The van der Waals surface area contributed by atoms with Gasteiger partial charge < -0.3 is 9.64 Å². The van der Waals surface area contributed by atoms with E-state index in [-0.39, 0.29) is 17.7 Å². The molecule has 1 aliphatic rings. The molecular formula is C21H29N3O4S. The molecule has 2 heterocycles. The topological polar surface area (TPSA) is 81.5 Å². The van der Waals surface area contributed by atoms with Crippen molar-refractivity contribution in [2.24, 2.45) is 0 Å². The Morgan fingerprint density at radius 1 is 1.34 bits per heavy atom. The molecule has 0 radical (unpaired) electrons. The van der Waals surface area contributed by atoms with Crippen molar-refractivity contribution < 1.29 is 17.9 Å². The van der Waals surface area contributed by atoms with Crippen LogP contribution in [0.2, 0.25) is 0 Å². The summed E-state index contributed by atoms with van der Waals surface area (Å²) in [5.41, 5.74) is 3.75. The number of hydrogen-bond acceptors (Lipinski definition) is 5. The molecule has 2 aromatic rings. The molecule has 7 nitrogen and oxygen atoms in total. The minimum Gasteiger partial charge on any atom is -0.493 e.